The zero-order valence-corrected chi connectivity index (χ0v) is 9.39. The van der Waals surface area contributed by atoms with Crippen molar-refractivity contribution in [1.82, 2.24) is 5.32 Å². The maximum absolute atomic E-state index is 5.48. The largest absolute Gasteiger partial charge is 0.380 e. The van der Waals surface area contributed by atoms with Crippen molar-refractivity contribution in [3.63, 3.8) is 0 Å². The minimum absolute atomic E-state index is 0.540. The van der Waals surface area contributed by atoms with Crippen molar-refractivity contribution in [3.05, 3.63) is 0 Å². The maximum atomic E-state index is 5.48. The number of hydrogen-bond donors (Lipinski definition) is 1. The molecule has 2 heteroatoms. The van der Waals surface area contributed by atoms with Crippen LogP contribution in [0.2, 0.25) is 0 Å². The Morgan fingerprint density at radius 1 is 1.46 bits per heavy atom. The van der Waals surface area contributed by atoms with Crippen LogP contribution in [0.25, 0.3) is 0 Å². The zero-order chi connectivity index (χ0) is 9.90. The van der Waals surface area contributed by atoms with Crippen molar-refractivity contribution in [1.29, 1.82) is 0 Å². The highest BCUT2D eigenvalue weighted by Gasteiger charge is 2.44. The van der Waals surface area contributed by atoms with Crippen molar-refractivity contribution in [2.75, 3.05) is 19.8 Å². The summed E-state index contributed by atoms with van der Waals surface area (Å²) >= 11 is 0. The van der Waals surface area contributed by atoms with Crippen LogP contribution in [0.5, 0.6) is 0 Å². The van der Waals surface area contributed by atoms with Crippen molar-refractivity contribution in [2.45, 2.75) is 40.2 Å². The number of ether oxygens (including phenoxy) is 1. The second-order valence-electron chi connectivity index (χ2n) is 5.17. The van der Waals surface area contributed by atoms with Crippen LogP contribution in [0, 0.1) is 11.3 Å². The molecule has 2 nitrogen and oxygen atoms in total. The number of nitrogens with one attached hydrogen (secondary N) is 1. The lowest BCUT2D eigenvalue weighted by atomic mass is 10.2. The first kappa shape index (κ1) is 11.0. The van der Waals surface area contributed by atoms with E-state index in [1.54, 1.807) is 0 Å². The van der Waals surface area contributed by atoms with Gasteiger partial charge in [0, 0.05) is 19.2 Å². The summed E-state index contributed by atoms with van der Waals surface area (Å²) in [4.78, 5) is 0. The number of hydrogen-bond acceptors (Lipinski definition) is 2. The highest BCUT2D eigenvalue weighted by molar-refractivity contribution is 5.01. The standard InChI is InChI=1S/C11H23NO/c1-9(2)8-13-6-5-12-10-7-11(10,3)4/h9-10,12H,5-8H2,1-4H3. The van der Waals surface area contributed by atoms with E-state index in [9.17, 15) is 0 Å². The predicted octanol–water partition coefficient (Wildman–Crippen LogP) is 2.05. The van der Waals surface area contributed by atoms with E-state index in [-0.39, 0.29) is 0 Å². The third kappa shape index (κ3) is 4.10. The Morgan fingerprint density at radius 2 is 2.08 bits per heavy atom. The highest BCUT2D eigenvalue weighted by Crippen LogP contribution is 2.44. The Kier molecular flexibility index (Phi) is 3.74. The smallest absolute Gasteiger partial charge is 0.0591 e. The highest BCUT2D eigenvalue weighted by atomic mass is 16.5. The van der Waals surface area contributed by atoms with Crippen LogP contribution in [0.4, 0.5) is 0 Å². The van der Waals surface area contributed by atoms with Gasteiger partial charge in [-0.05, 0) is 17.8 Å². The van der Waals surface area contributed by atoms with Gasteiger partial charge < -0.3 is 10.1 Å². The molecule has 1 atom stereocenters. The molecule has 0 saturated heterocycles. The molecular formula is C11H23NO. The normalized spacial score (nSPS) is 25.2. The van der Waals surface area contributed by atoms with Gasteiger partial charge in [-0.3, -0.25) is 0 Å². The molecule has 0 aromatic carbocycles. The lowest BCUT2D eigenvalue weighted by Crippen LogP contribution is -2.25. The summed E-state index contributed by atoms with van der Waals surface area (Å²) < 4.78 is 5.48. The molecule has 0 bridgehead atoms. The molecule has 0 aliphatic heterocycles. The van der Waals surface area contributed by atoms with Gasteiger partial charge in [0.05, 0.1) is 6.61 Å². The summed E-state index contributed by atoms with van der Waals surface area (Å²) in [6, 6.07) is 0.732. The third-order valence-electron chi connectivity index (χ3n) is 2.60. The van der Waals surface area contributed by atoms with E-state index in [1.165, 1.54) is 6.42 Å². The molecule has 1 aliphatic carbocycles. The Morgan fingerprint density at radius 3 is 2.54 bits per heavy atom. The van der Waals surface area contributed by atoms with E-state index in [4.69, 9.17) is 4.74 Å². The minimum atomic E-state index is 0.540. The molecule has 1 N–H and O–H groups in total. The van der Waals surface area contributed by atoms with E-state index in [0.717, 1.165) is 25.8 Å². The summed E-state index contributed by atoms with van der Waals surface area (Å²) in [5.74, 6) is 0.650. The van der Waals surface area contributed by atoms with Gasteiger partial charge >= 0.3 is 0 Å². The minimum Gasteiger partial charge on any atom is -0.380 e. The molecule has 1 saturated carbocycles. The van der Waals surface area contributed by atoms with Crippen LogP contribution in [-0.2, 0) is 4.74 Å². The van der Waals surface area contributed by atoms with Gasteiger partial charge in [-0.25, -0.2) is 0 Å². The topological polar surface area (TPSA) is 21.3 Å². The fraction of sp³-hybridized carbons (Fsp3) is 1.00. The molecule has 1 aliphatic rings. The molecule has 13 heavy (non-hydrogen) atoms. The lowest BCUT2D eigenvalue weighted by molar-refractivity contribution is 0.111. The van der Waals surface area contributed by atoms with E-state index in [2.05, 4.69) is 33.0 Å². The van der Waals surface area contributed by atoms with E-state index in [1.807, 2.05) is 0 Å². The third-order valence-corrected chi connectivity index (χ3v) is 2.60. The first-order valence-corrected chi connectivity index (χ1v) is 5.33. The molecule has 0 heterocycles. The van der Waals surface area contributed by atoms with E-state index in [0.29, 0.717) is 11.3 Å². The molecule has 0 spiro atoms. The summed E-state index contributed by atoms with van der Waals surface area (Å²) in [7, 11) is 0. The molecule has 0 radical (unpaired) electrons. The average Bonchev–Trinajstić information content (AvgIpc) is 2.58. The SMILES string of the molecule is CC(C)COCCNC1CC1(C)C. The Hall–Kier alpha value is -0.0800. The van der Waals surface area contributed by atoms with Crippen LogP contribution in [0.15, 0.2) is 0 Å². The molecule has 1 rings (SSSR count). The quantitative estimate of drug-likeness (QED) is 0.639. The predicted molar refractivity (Wildman–Crippen MR) is 55.8 cm³/mol. The molecule has 0 aromatic heterocycles. The van der Waals surface area contributed by atoms with Crippen molar-refractivity contribution >= 4 is 0 Å². The van der Waals surface area contributed by atoms with Gasteiger partial charge in [0.2, 0.25) is 0 Å². The Labute approximate surface area is 82.0 Å². The fourth-order valence-corrected chi connectivity index (χ4v) is 1.44. The van der Waals surface area contributed by atoms with E-state index >= 15 is 0 Å². The second kappa shape index (κ2) is 4.43. The van der Waals surface area contributed by atoms with Gasteiger partial charge in [0.25, 0.3) is 0 Å². The Bertz CT molecular complexity index is 154. The summed E-state index contributed by atoms with van der Waals surface area (Å²) in [5, 5.41) is 3.50. The number of rotatable bonds is 6. The van der Waals surface area contributed by atoms with Crippen LogP contribution < -0.4 is 5.32 Å². The van der Waals surface area contributed by atoms with Crippen molar-refractivity contribution in [2.24, 2.45) is 11.3 Å². The zero-order valence-electron chi connectivity index (χ0n) is 9.39. The van der Waals surface area contributed by atoms with Gasteiger partial charge in [-0.2, -0.15) is 0 Å². The average molecular weight is 185 g/mol. The second-order valence-corrected chi connectivity index (χ2v) is 5.17. The van der Waals surface area contributed by atoms with Gasteiger partial charge in [0.1, 0.15) is 0 Å². The monoisotopic (exact) mass is 185 g/mol. The van der Waals surface area contributed by atoms with Gasteiger partial charge in [-0.15, -0.1) is 0 Å². The molecule has 0 amide bonds. The summed E-state index contributed by atoms with van der Waals surface area (Å²) in [6.45, 7) is 11.7. The Balaban J connectivity index is 1.86. The van der Waals surface area contributed by atoms with Gasteiger partial charge in [-0.1, -0.05) is 27.7 Å². The lowest BCUT2D eigenvalue weighted by Gasteiger charge is -2.08. The first-order valence-electron chi connectivity index (χ1n) is 5.33. The van der Waals surface area contributed by atoms with E-state index < -0.39 is 0 Å². The summed E-state index contributed by atoms with van der Waals surface area (Å²) in [5.41, 5.74) is 0.540. The van der Waals surface area contributed by atoms with Crippen LogP contribution in [0.3, 0.4) is 0 Å². The molecule has 0 aromatic rings. The van der Waals surface area contributed by atoms with Gasteiger partial charge in [0.15, 0.2) is 0 Å². The molecule has 1 unspecified atom stereocenters. The van der Waals surface area contributed by atoms with Crippen LogP contribution >= 0.6 is 0 Å². The fourth-order valence-electron chi connectivity index (χ4n) is 1.44. The molecule has 78 valence electrons. The van der Waals surface area contributed by atoms with Crippen molar-refractivity contribution in [3.8, 4) is 0 Å². The molecular weight excluding hydrogens is 162 g/mol. The first-order chi connectivity index (χ1) is 6.02. The van der Waals surface area contributed by atoms with Crippen LogP contribution in [0.1, 0.15) is 34.1 Å². The maximum Gasteiger partial charge on any atom is 0.0591 e. The summed E-state index contributed by atoms with van der Waals surface area (Å²) in [6.07, 6.45) is 1.32. The molecule has 1 fully saturated rings. The van der Waals surface area contributed by atoms with Crippen molar-refractivity contribution < 1.29 is 4.74 Å². The van der Waals surface area contributed by atoms with Crippen LogP contribution in [-0.4, -0.2) is 25.8 Å².